The Bertz CT molecular complexity index is 121. The number of hydrogen-bond acceptors (Lipinski definition) is 2. The SMILES string of the molecule is CCC(C)C(O)C(C)(CC)CN. The highest BCUT2D eigenvalue weighted by Crippen LogP contribution is 2.30. The van der Waals surface area contributed by atoms with Crippen molar-refractivity contribution in [2.75, 3.05) is 6.54 Å². The predicted octanol–water partition coefficient (Wildman–Crippen LogP) is 1.77. The van der Waals surface area contributed by atoms with Gasteiger partial charge in [0.05, 0.1) is 6.10 Å². The molecule has 0 bridgehead atoms. The Balaban J connectivity index is 4.29. The first-order valence-electron chi connectivity index (χ1n) is 4.90. The van der Waals surface area contributed by atoms with Gasteiger partial charge in [-0.25, -0.2) is 0 Å². The molecule has 0 spiro atoms. The van der Waals surface area contributed by atoms with Gasteiger partial charge < -0.3 is 10.8 Å². The van der Waals surface area contributed by atoms with Crippen LogP contribution in [0.25, 0.3) is 0 Å². The summed E-state index contributed by atoms with van der Waals surface area (Å²) in [4.78, 5) is 0. The van der Waals surface area contributed by atoms with Crippen molar-refractivity contribution in [3.8, 4) is 0 Å². The van der Waals surface area contributed by atoms with Gasteiger partial charge in [0.25, 0.3) is 0 Å². The minimum absolute atomic E-state index is 0.102. The average molecular weight is 173 g/mol. The second-order valence-corrected chi connectivity index (χ2v) is 4.04. The zero-order chi connectivity index (χ0) is 9.78. The first-order chi connectivity index (χ1) is 5.51. The molecule has 0 radical (unpaired) electrons. The Kier molecular flexibility index (Phi) is 4.80. The van der Waals surface area contributed by atoms with Crippen molar-refractivity contribution < 1.29 is 5.11 Å². The first-order valence-corrected chi connectivity index (χ1v) is 4.90. The molecule has 12 heavy (non-hydrogen) atoms. The van der Waals surface area contributed by atoms with E-state index in [1.54, 1.807) is 0 Å². The van der Waals surface area contributed by atoms with E-state index in [1.807, 2.05) is 0 Å². The van der Waals surface area contributed by atoms with Gasteiger partial charge in [-0.3, -0.25) is 0 Å². The van der Waals surface area contributed by atoms with Gasteiger partial charge in [0.1, 0.15) is 0 Å². The van der Waals surface area contributed by atoms with Crippen molar-refractivity contribution in [1.82, 2.24) is 0 Å². The quantitative estimate of drug-likeness (QED) is 0.665. The Morgan fingerprint density at radius 2 is 1.92 bits per heavy atom. The number of nitrogens with two attached hydrogens (primary N) is 1. The summed E-state index contributed by atoms with van der Waals surface area (Å²) in [6, 6.07) is 0. The van der Waals surface area contributed by atoms with E-state index in [-0.39, 0.29) is 11.5 Å². The van der Waals surface area contributed by atoms with E-state index in [1.165, 1.54) is 0 Å². The third-order valence-electron chi connectivity index (χ3n) is 3.17. The van der Waals surface area contributed by atoms with Gasteiger partial charge in [0, 0.05) is 12.0 Å². The summed E-state index contributed by atoms with van der Waals surface area (Å²) in [5, 5.41) is 9.96. The molecule has 3 unspecified atom stereocenters. The van der Waals surface area contributed by atoms with Crippen molar-refractivity contribution in [1.29, 1.82) is 0 Å². The van der Waals surface area contributed by atoms with Gasteiger partial charge in [-0.2, -0.15) is 0 Å². The zero-order valence-corrected chi connectivity index (χ0v) is 8.80. The molecular formula is C10H23NO. The van der Waals surface area contributed by atoms with Crippen LogP contribution in [0.1, 0.15) is 40.5 Å². The van der Waals surface area contributed by atoms with Crippen LogP contribution in [0.5, 0.6) is 0 Å². The van der Waals surface area contributed by atoms with Crippen LogP contribution >= 0.6 is 0 Å². The second kappa shape index (κ2) is 4.83. The smallest absolute Gasteiger partial charge is 0.0631 e. The molecule has 3 N–H and O–H groups in total. The van der Waals surface area contributed by atoms with Crippen LogP contribution in [0.3, 0.4) is 0 Å². The minimum atomic E-state index is -0.266. The van der Waals surface area contributed by atoms with E-state index in [0.29, 0.717) is 12.5 Å². The molecule has 0 rings (SSSR count). The molecule has 0 aliphatic carbocycles. The fourth-order valence-electron chi connectivity index (χ4n) is 1.38. The molecule has 0 heterocycles. The van der Waals surface area contributed by atoms with Crippen molar-refractivity contribution in [3.63, 3.8) is 0 Å². The number of hydrogen-bond donors (Lipinski definition) is 2. The van der Waals surface area contributed by atoms with Gasteiger partial charge in [0.15, 0.2) is 0 Å². The Morgan fingerprint density at radius 3 is 2.17 bits per heavy atom. The predicted molar refractivity (Wildman–Crippen MR) is 52.9 cm³/mol. The molecule has 0 amide bonds. The molecule has 74 valence electrons. The normalized spacial score (nSPS) is 21.5. The molecule has 0 aromatic rings. The van der Waals surface area contributed by atoms with Gasteiger partial charge in [-0.05, 0) is 12.3 Å². The highest BCUT2D eigenvalue weighted by molar-refractivity contribution is 4.84. The van der Waals surface area contributed by atoms with Gasteiger partial charge in [-0.1, -0.05) is 34.1 Å². The summed E-state index contributed by atoms with van der Waals surface area (Å²) in [6.45, 7) is 8.88. The molecule has 2 heteroatoms. The van der Waals surface area contributed by atoms with Crippen molar-refractivity contribution in [2.45, 2.75) is 46.6 Å². The molecule has 0 aromatic heterocycles. The molecule has 0 aliphatic heterocycles. The van der Waals surface area contributed by atoms with Crippen LogP contribution in [-0.4, -0.2) is 17.8 Å². The van der Waals surface area contributed by atoms with E-state index in [4.69, 9.17) is 5.73 Å². The fraction of sp³-hybridized carbons (Fsp3) is 1.00. The highest BCUT2D eigenvalue weighted by Gasteiger charge is 2.32. The van der Waals surface area contributed by atoms with E-state index in [2.05, 4.69) is 27.7 Å². The summed E-state index contributed by atoms with van der Waals surface area (Å²) < 4.78 is 0. The van der Waals surface area contributed by atoms with Crippen LogP contribution in [-0.2, 0) is 0 Å². The van der Waals surface area contributed by atoms with Crippen molar-refractivity contribution >= 4 is 0 Å². The topological polar surface area (TPSA) is 46.2 Å². The monoisotopic (exact) mass is 173 g/mol. The largest absolute Gasteiger partial charge is 0.392 e. The Labute approximate surface area is 76.2 Å². The maximum Gasteiger partial charge on any atom is 0.0631 e. The molecule has 0 saturated carbocycles. The number of rotatable bonds is 5. The zero-order valence-electron chi connectivity index (χ0n) is 8.80. The van der Waals surface area contributed by atoms with Crippen molar-refractivity contribution in [2.24, 2.45) is 17.1 Å². The van der Waals surface area contributed by atoms with E-state index in [9.17, 15) is 5.11 Å². The fourth-order valence-corrected chi connectivity index (χ4v) is 1.38. The summed E-state index contributed by atoms with van der Waals surface area (Å²) in [6.07, 6.45) is 1.68. The number of aliphatic hydroxyl groups is 1. The van der Waals surface area contributed by atoms with Gasteiger partial charge >= 0.3 is 0 Å². The van der Waals surface area contributed by atoms with Gasteiger partial charge in [0.2, 0.25) is 0 Å². The van der Waals surface area contributed by atoms with Crippen LogP contribution in [0, 0.1) is 11.3 Å². The van der Waals surface area contributed by atoms with Gasteiger partial charge in [-0.15, -0.1) is 0 Å². The third kappa shape index (κ3) is 2.46. The number of aliphatic hydroxyl groups excluding tert-OH is 1. The van der Waals surface area contributed by atoms with E-state index < -0.39 is 0 Å². The molecule has 2 nitrogen and oxygen atoms in total. The van der Waals surface area contributed by atoms with Crippen LogP contribution in [0.2, 0.25) is 0 Å². The molecular weight excluding hydrogens is 150 g/mol. The van der Waals surface area contributed by atoms with E-state index >= 15 is 0 Å². The Hall–Kier alpha value is -0.0800. The molecule has 0 fully saturated rings. The summed E-state index contributed by atoms with van der Waals surface area (Å²) >= 11 is 0. The average Bonchev–Trinajstić information content (AvgIpc) is 2.14. The minimum Gasteiger partial charge on any atom is -0.392 e. The Morgan fingerprint density at radius 1 is 1.42 bits per heavy atom. The van der Waals surface area contributed by atoms with Crippen LogP contribution in [0.4, 0.5) is 0 Å². The summed E-state index contributed by atoms with van der Waals surface area (Å²) in [5.41, 5.74) is 5.55. The highest BCUT2D eigenvalue weighted by atomic mass is 16.3. The lowest BCUT2D eigenvalue weighted by atomic mass is 9.76. The third-order valence-corrected chi connectivity index (χ3v) is 3.17. The molecule has 0 aliphatic rings. The standard InChI is InChI=1S/C10H23NO/c1-5-8(3)9(12)10(4,6-2)7-11/h8-9,12H,5-7,11H2,1-4H3. The lowest BCUT2D eigenvalue weighted by Crippen LogP contribution is -2.42. The molecule has 0 aromatic carbocycles. The lowest BCUT2D eigenvalue weighted by molar-refractivity contribution is -0.00203. The summed E-state index contributed by atoms with van der Waals surface area (Å²) in [5.74, 6) is 0.346. The summed E-state index contributed by atoms with van der Waals surface area (Å²) in [7, 11) is 0. The first kappa shape index (κ1) is 11.9. The maximum absolute atomic E-state index is 9.96. The van der Waals surface area contributed by atoms with Crippen molar-refractivity contribution in [3.05, 3.63) is 0 Å². The molecule has 0 saturated heterocycles. The molecule has 3 atom stereocenters. The van der Waals surface area contributed by atoms with Crippen LogP contribution < -0.4 is 5.73 Å². The maximum atomic E-state index is 9.96. The second-order valence-electron chi connectivity index (χ2n) is 4.04. The van der Waals surface area contributed by atoms with Crippen LogP contribution in [0.15, 0.2) is 0 Å². The lowest BCUT2D eigenvalue weighted by Gasteiger charge is -2.35. The van der Waals surface area contributed by atoms with E-state index in [0.717, 1.165) is 12.8 Å².